The van der Waals surface area contributed by atoms with E-state index in [0.717, 1.165) is 25.2 Å². The van der Waals surface area contributed by atoms with Crippen molar-refractivity contribution in [2.45, 2.75) is 38.3 Å². The van der Waals surface area contributed by atoms with E-state index in [0.29, 0.717) is 12.8 Å². The van der Waals surface area contributed by atoms with Gasteiger partial charge in [0, 0.05) is 13.0 Å². The second kappa shape index (κ2) is 5.05. The zero-order valence-corrected chi connectivity index (χ0v) is 10.3. The molecule has 0 spiro atoms. The number of nitrogens with two attached hydrogens (primary N) is 1. The molecule has 1 unspecified atom stereocenters. The van der Waals surface area contributed by atoms with Crippen LogP contribution in [0.25, 0.3) is 0 Å². The number of aryl methyl sites for hydroxylation is 1. The van der Waals surface area contributed by atoms with Crippen molar-refractivity contribution >= 4 is 0 Å². The molecule has 0 fully saturated rings. The molecule has 0 radical (unpaired) electrons. The summed E-state index contributed by atoms with van der Waals surface area (Å²) in [6.07, 6.45) is 2.70. The first-order valence-electron chi connectivity index (χ1n) is 6.30. The molecule has 1 heterocycles. The summed E-state index contributed by atoms with van der Waals surface area (Å²) in [5.74, 6) is 0.981. The number of benzene rings is 1. The number of ether oxygens (including phenoxy) is 1. The Morgan fingerprint density at radius 1 is 1.47 bits per heavy atom. The van der Waals surface area contributed by atoms with Gasteiger partial charge in [-0.3, -0.25) is 0 Å². The third-order valence-corrected chi connectivity index (χ3v) is 3.62. The summed E-state index contributed by atoms with van der Waals surface area (Å²) in [5.41, 5.74) is 6.69. The van der Waals surface area contributed by atoms with Crippen LogP contribution in [0.3, 0.4) is 0 Å². The largest absolute Gasteiger partial charge is 0.493 e. The molecular weight excluding hydrogens is 217 g/mol. The molecule has 1 aliphatic rings. The van der Waals surface area contributed by atoms with Crippen molar-refractivity contribution in [3.8, 4) is 5.75 Å². The molecular formula is C14H20FNO. The van der Waals surface area contributed by atoms with E-state index in [-0.39, 0.29) is 6.54 Å². The van der Waals surface area contributed by atoms with Crippen LogP contribution in [0.5, 0.6) is 5.75 Å². The van der Waals surface area contributed by atoms with Crippen molar-refractivity contribution in [2.24, 2.45) is 5.73 Å². The molecule has 0 amide bonds. The first-order chi connectivity index (χ1) is 8.17. The van der Waals surface area contributed by atoms with Crippen LogP contribution in [0.4, 0.5) is 4.39 Å². The monoisotopic (exact) mass is 237 g/mol. The Morgan fingerprint density at radius 2 is 2.29 bits per heavy atom. The highest BCUT2D eigenvalue weighted by molar-refractivity contribution is 5.39. The molecule has 1 atom stereocenters. The zero-order valence-electron chi connectivity index (χ0n) is 10.3. The van der Waals surface area contributed by atoms with Gasteiger partial charge in [-0.2, -0.15) is 0 Å². The topological polar surface area (TPSA) is 35.2 Å². The maximum Gasteiger partial charge on any atom is 0.123 e. The highest BCUT2D eigenvalue weighted by Gasteiger charge is 2.25. The lowest BCUT2D eigenvalue weighted by atomic mass is 9.93. The SMILES string of the molecule is CCC(F)(CN)CCc1ccc2c(c1)CCO2. The first-order valence-corrected chi connectivity index (χ1v) is 6.30. The van der Waals surface area contributed by atoms with E-state index in [4.69, 9.17) is 10.5 Å². The maximum atomic E-state index is 14.1. The summed E-state index contributed by atoms with van der Waals surface area (Å²) in [5, 5.41) is 0. The summed E-state index contributed by atoms with van der Waals surface area (Å²) in [6, 6.07) is 6.15. The van der Waals surface area contributed by atoms with Crippen LogP contribution in [0, 0.1) is 0 Å². The van der Waals surface area contributed by atoms with Gasteiger partial charge in [-0.15, -0.1) is 0 Å². The fourth-order valence-electron chi connectivity index (χ4n) is 2.19. The molecule has 0 aliphatic carbocycles. The summed E-state index contributed by atoms with van der Waals surface area (Å²) in [4.78, 5) is 0. The van der Waals surface area contributed by atoms with Gasteiger partial charge in [-0.25, -0.2) is 4.39 Å². The van der Waals surface area contributed by atoms with Gasteiger partial charge in [0.05, 0.1) is 6.61 Å². The Labute approximate surface area is 102 Å². The van der Waals surface area contributed by atoms with Gasteiger partial charge in [0.2, 0.25) is 0 Å². The number of fused-ring (bicyclic) bond motifs is 1. The molecule has 0 saturated heterocycles. The quantitative estimate of drug-likeness (QED) is 0.854. The molecule has 2 rings (SSSR count). The minimum Gasteiger partial charge on any atom is -0.493 e. The average Bonchev–Trinajstić information content (AvgIpc) is 2.83. The smallest absolute Gasteiger partial charge is 0.123 e. The molecule has 2 N–H and O–H groups in total. The average molecular weight is 237 g/mol. The molecule has 1 aromatic carbocycles. The number of halogens is 1. The summed E-state index contributed by atoms with van der Waals surface area (Å²) in [6.45, 7) is 2.73. The molecule has 3 heteroatoms. The third kappa shape index (κ3) is 2.78. The summed E-state index contributed by atoms with van der Waals surface area (Å²) < 4.78 is 19.5. The van der Waals surface area contributed by atoms with E-state index in [9.17, 15) is 4.39 Å². The molecule has 17 heavy (non-hydrogen) atoms. The lowest BCUT2D eigenvalue weighted by molar-refractivity contribution is 0.154. The van der Waals surface area contributed by atoms with E-state index >= 15 is 0 Å². The Morgan fingerprint density at radius 3 is 3.00 bits per heavy atom. The molecule has 1 aromatic rings. The molecule has 1 aliphatic heterocycles. The molecule has 0 saturated carbocycles. The highest BCUT2D eigenvalue weighted by atomic mass is 19.1. The Balaban J connectivity index is 2.00. The van der Waals surface area contributed by atoms with Gasteiger partial charge < -0.3 is 10.5 Å². The van der Waals surface area contributed by atoms with Crippen molar-refractivity contribution in [1.29, 1.82) is 0 Å². The second-order valence-electron chi connectivity index (χ2n) is 4.75. The lowest BCUT2D eigenvalue weighted by Crippen LogP contribution is -2.32. The van der Waals surface area contributed by atoms with Gasteiger partial charge in [-0.05, 0) is 36.5 Å². The zero-order chi connectivity index (χ0) is 12.3. The maximum absolute atomic E-state index is 14.1. The fourth-order valence-corrected chi connectivity index (χ4v) is 2.19. The molecule has 0 aromatic heterocycles. The van der Waals surface area contributed by atoms with E-state index in [1.165, 1.54) is 11.1 Å². The highest BCUT2D eigenvalue weighted by Crippen LogP contribution is 2.28. The van der Waals surface area contributed by atoms with Crippen LogP contribution in [-0.2, 0) is 12.8 Å². The Kier molecular flexibility index (Phi) is 3.67. The third-order valence-electron chi connectivity index (χ3n) is 3.62. The van der Waals surface area contributed by atoms with Crippen molar-refractivity contribution < 1.29 is 9.13 Å². The van der Waals surface area contributed by atoms with E-state index in [1.807, 2.05) is 19.1 Å². The number of rotatable bonds is 5. The summed E-state index contributed by atoms with van der Waals surface area (Å²) in [7, 11) is 0. The minimum absolute atomic E-state index is 0.109. The van der Waals surface area contributed by atoms with Crippen LogP contribution < -0.4 is 10.5 Å². The molecule has 2 nitrogen and oxygen atoms in total. The van der Waals surface area contributed by atoms with Crippen molar-refractivity contribution in [1.82, 2.24) is 0 Å². The number of hydrogen-bond acceptors (Lipinski definition) is 2. The number of alkyl halides is 1. The van der Waals surface area contributed by atoms with Crippen LogP contribution in [-0.4, -0.2) is 18.8 Å². The second-order valence-corrected chi connectivity index (χ2v) is 4.75. The normalized spacial score (nSPS) is 17.4. The van der Waals surface area contributed by atoms with Gasteiger partial charge in [0.1, 0.15) is 11.4 Å². The molecule has 94 valence electrons. The molecule has 0 bridgehead atoms. The van der Waals surface area contributed by atoms with Gasteiger partial charge in [-0.1, -0.05) is 19.1 Å². The predicted octanol–water partition coefficient (Wildman–Crippen LogP) is 2.63. The summed E-state index contributed by atoms with van der Waals surface area (Å²) >= 11 is 0. The van der Waals surface area contributed by atoms with Crippen LogP contribution in [0.2, 0.25) is 0 Å². The van der Waals surface area contributed by atoms with E-state index < -0.39 is 5.67 Å². The van der Waals surface area contributed by atoms with E-state index in [2.05, 4.69) is 6.07 Å². The van der Waals surface area contributed by atoms with Gasteiger partial charge in [0.25, 0.3) is 0 Å². The predicted molar refractivity (Wildman–Crippen MR) is 67.1 cm³/mol. The van der Waals surface area contributed by atoms with Gasteiger partial charge in [0.15, 0.2) is 0 Å². The van der Waals surface area contributed by atoms with E-state index in [1.54, 1.807) is 0 Å². The Bertz CT molecular complexity index is 388. The van der Waals surface area contributed by atoms with Crippen LogP contribution >= 0.6 is 0 Å². The van der Waals surface area contributed by atoms with Crippen LogP contribution in [0.15, 0.2) is 18.2 Å². The van der Waals surface area contributed by atoms with Gasteiger partial charge >= 0.3 is 0 Å². The number of hydrogen-bond donors (Lipinski definition) is 1. The minimum atomic E-state index is -1.21. The Hall–Kier alpha value is -1.09. The fraction of sp³-hybridized carbons (Fsp3) is 0.571. The standard InChI is InChI=1S/C14H20FNO/c1-2-14(15,10-16)7-5-11-3-4-13-12(9-11)6-8-17-13/h3-4,9H,2,5-8,10,16H2,1H3. The van der Waals surface area contributed by atoms with Crippen molar-refractivity contribution in [3.63, 3.8) is 0 Å². The van der Waals surface area contributed by atoms with Crippen molar-refractivity contribution in [3.05, 3.63) is 29.3 Å². The van der Waals surface area contributed by atoms with Crippen LogP contribution in [0.1, 0.15) is 30.9 Å². The lowest BCUT2D eigenvalue weighted by Gasteiger charge is -2.21. The first kappa shape index (κ1) is 12.4. The van der Waals surface area contributed by atoms with Crippen molar-refractivity contribution in [2.75, 3.05) is 13.2 Å².